The van der Waals surface area contributed by atoms with Crippen molar-refractivity contribution in [1.29, 1.82) is 0 Å². The second-order valence-corrected chi connectivity index (χ2v) is 4.52. The Morgan fingerprint density at radius 1 is 1.53 bits per heavy atom. The van der Waals surface area contributed by atoms with Gasteiger partial charge in [-0.2, -0.15) is 0 Å². The summed E-state index contributed by atoms with van der Waals surface area (Å²) in [7, 11) is 0. The Labute approximate surface area is 102 Å². The van der Waals surface area contributed by atoms with Crippen molar-refractivity contribution in [3.05, 3.63) is 29.8 Å². The number of hydrogen-bond acceptors (Lipinski definition) is 3. The third-order valence-corrected chi connectivity index (χ3v) is 3.30. The molecule has 1 aliphatic heterocycles. The molecule has 3 nitrogen and oxygen atoms in total. The first-order chi connectivity index (χ1) is 8.31. The van der Waals surface area contributed by atoms with Gasteiger partial charge in [-0.05, 0) is 44.5 Å². The molecule has 17 heavy (non-hydrogen) atoms. The molecule has 0 saturated carbocycles. The minimum absolute atomic E-state index is 0.0271. The molecule has 1 aliphatic rings. The van der Waals surface area contributed by atoms with Crippen LogP contribution in [0.25, 0.3) is 0 Å². The van der Waals surface area contributed by atoms with Gasteiger partial charge in [0.05, 0.1) is 11.7 Å². The van der Waals surface area contributed by atoms with E-state index in [1.54, 1.807) is 12.3 Å². The summed E-state index contributed by atoms with van der Waals surface area (Å²) in [4.78, 5) is 4.16. The lowest BCUT2D eigenvalue weighted by Crippen LogP contribution is -2.41. The first-order valence-electron chi connectivity index (χ1n) is 6.38. The Kier molecular flexibility index (Phi) is 4.45. The van der Waals surface area contributed by atoms with Crippen LogP contribution in [0.15, 0.2) is 18.3 Å². The lowest BCUT2D eigenvalue weighted by Gasteiger charge is -2.28. The van der Waals surface area contributed by atoms with Gasteiger partial charge in [0.1, 0.15) is 5.82 Å². The number of pyridine rings is 1. The van der Waals surface area contributed by atoms with E-state index in [1.165, 1.54) is 6.07 Å². The third-order valence-electron chi connectivity index (χ3n) is 3.30. The second-order valence-electron chi connectivity index (χ2n) is 4.52. The Morgan fingerprint density at radius 3 is 2.94 bits per heavy atom. The SMILES string of the molecule is CCC(NC1CCNCC1)c1ncccc1F. The fourth-order valence-corrected chi connectivity index (χ4v) is 2.32. The zero-order valence-corrected chi connectivity index (χ0v) is 10.2. The molecule has 0 aliphatic carbocycles. The number of rotatable bonds is 4. The summed E-state index contributed by atoms with van der Waals surface area (Å²) < 4.78 is 13.7. The van der Waals surface area contributed by atoms with E-state index in [9.17, 15) is 4.39 Å². The van der Waals surface area contributed by atoms with Gasteiger partial charge in [0.25, 0.3) is 0 Å². The van der Waals surface area contributed by atoms with Crippen LogP contribution >= 0.6 is 0 Å². The van der Waals surface area contributed by atoms with Crippen molar-refractivity contribution >= 4 is 0 Å². The molecule has 0 radical (unpaired) electrons. The average molecular weight is 237 g/mol. The van der Waals surface area contributed by atoms with Crippen LogP contribution in [-0.4, -0.2) is 24.1 Å². The van der Waals surface area contributed by atoms with E-state index in [4.69, 9.17) is 0 Å². The molecule has 1 aromatic heterocycles. The van der Waals surface area contributed by atoms with Crippen LogP contribution in [0.3, 0.4) is 0 Å². The van der Waals surface area contributed by atoms with Gasteiger partial charge in [-0.15, -0.1) is 0 Å². The Hall–Kier alpha value is -1.00. The third kappa shape index (κ3) is 3.23. The predicted octanol–water partition coefficient (Wildman–Crippen LogP) is 2.01. The van der Waals surface area contributed by atoms with Gasteiger partial charge in [-0.3, -0.25) is 4.98 Å². The summed E-state index contributed by atoms with van der Waals surface area (Å²) >= 11 is 0. The van der Waals surface area contributed by atoms with Crippen molar-refractivity contribution < 1.29 is 4.39 Å². The molecule has 0 amide bonds. The van der Waals surface area contributed by atoms with Crippen molar-refractivity contribution in [2.75, 3.05) is 13.1 Å². The van der Waals surface area contributed by atoms with Gasteiger partial charge in [0.15, 0.2) is 0 Å². The van der Waals surface area contributed by atoms with Crippen LogP contribution in [-0.2, 0) is 0 Å². The largest absolute Gasteiger partial charge is 0.317 e. The molecule has 1 fully saturated rings. The van der Waals surface area contributed by atoms with Crippen LogP contribution in [0.1, 0.15) is 37.9 Å². The molecule has 4 heteroatoms. The number of nitrogens with one attached hydrogen (secondary N) is 2. The number of halogens is 1. The van der Waals surface area contributed by atoms with Gasteiger partial charge in [-0.25, -0.2) is 4.39 Å². The Bertz CT molecular complexity index is 350. The highest BCUT2D eigenvalue weighted by Crippen LogP contribution is 2.19. The van der Waals surface area contributed by atoms with Crippen molar-refractivity contribution in [2.24, 2.45) is 0 Å². The van der Waals surface area contributed by atoms with E-state index in [0.717, 1.165) is 32.4 Å². The van der Waals surface area contributed by atoms with Crippen LogP contribution in [0, 0.1) is 5.82 Å². The van der Waals surface area contributed by atoms with Crippen LogP contribution in [0.5, 0.6) is 0 Å². The van der Waals surface area contributed by atoms with E-state index >= 15 is 0 Å². The standard InChI is InChI=1S/C13H20FN3/c1-2-12(13-11(14)4-3-7-16-13)17-10-5-8-15-9-6-10/h3-4,7,10,12,15,17H,2,5-6,8-9H2,1H3. The van der Waals surface area contributed by atoms with Crippen molar-refractivity contribution in [2.45, 2.75) is 38.3 Å². The molecule has 0 bridgehead atoms. The number of aromatic nitrogens is 1. The van der Waals surface area contributed by atoms with Gasteiger partial charge in [-0.1, -0.05) is 6.92 Å². The molecule has 1 unspecified atom stereocenters. The van der Waals surface area contributed by atoms with E-state index in [2.05, 4.69) is 22.5 Å². The summed E-state index contributed by atoms with van der Waals surface area (Å²) in [6.45, 7) is 4.14. The fourth-order valence-electron chi connectivity index (χ4n) is 2.32. The summed E-state index contributed by atoms with van der Waals surface area (Å²) in [6, 6.07) is 3.62. The highest BCUT2D eigenvalue weighted by atomic mass is 19.1. The molecule has 2 heterocycles. The molecular formula is C13H20FN3. The highest BCUT2D eigenvalue weighted by Gasteiger charge is 2.20. The van der Waals surface area contributed by atoms with Crippen LogP contribution in [0.2, 0.25) is 0 Å². The van der Waals surface area contributed by atoms with Crippen molar-refractivity contribution in [1.82, 2.24) is 15.6 Å². The summed E-state index contributed by atoms with van der Waals surface area (Å²) in [5.74, 6) is -0.208. The summed E-state index contributed by atoms with van der Waals surface area (Å²) in [5.41, 5.74) is 0.550. The van der Waals surface area contributed by atoms with E-state index in [-0.39, 0.29) is 11.9 Å². The predicted molar refractivity (Wildman–Crippen MR) is 66.3 cm³/mol. The van der Waals surface area contributed by atoms with E-state index in [0.29, 0.717) is 11.7 Å². The van der Waals surface area contributed by atoms with Crippen LogP contribution in [0.4, 0.5) is 4.39 Å². The van der Waals surface area contributed by atoms with Crippen molar-refractivity contribution in [3.8, 4) is 0 Å². The van der Waals surface area contributed by atoms with Gasteiger partial charge < -0.3 is 10.6 Å². The molecular weight excluding hydrogens is 217 g/mol. The Morgan fingerprint density at radius 2 is 2.29 bits per heavy atom. The van der Waals surface area contributed by atoms with Crippen LogP contribution < -0.4 is 10.6 Å². The number of piperidine rings is 1. The zero-order valence-electron chi connectivity index (χ0n) is 10.2. The molecule has 0 aromatic carbocycles. The molecule has 0 spiro atoms. The molecule has 2 rings (SSSR count). The van der Waals surface area contributed by atoms with Crippen molar-refractivity contribution in [3.63, 3.8) is 0 Å². The molecule has 94 valence electrons. The number of hydrogen-bond donors (Lipinski definition) is 2. The molecule has 1 saturated heterocycles. The zero-order chi connectivity index (χ0) is 12.1. The van der Waals surface area contributed by atoms with E-state index < -0.39 is 0 Å². The summed E-state index contributed by atoms with van der Waals surface area (Å²) in [6.07, 6.45) is 4.72. The maximum absolute atomic E-state index is 13.7. The maximum atomic E-state index is 13.7. The first kappa shape index (κ1) is 12.5. The molecule has 1 atom stereocenters. The monoisotopic (exact) mass is 237 g/mol. The van der Waals surface area contributed by atoms with Gasteiger partial charge in [0, 0.05) is 12.2 Å². The van der Waals surface area contributed by atoms with E-state index in [1.807, 2.05) is 0 Å². The summed E-state index contributed by atoms with van der Waals surface area (Å²) in [5, 5.41) is 6.85. The normalized spacial score (nSPS) is 19.2. The molecule has 1 aromatic rings. The minimum atomic E-state index is -0.208. The minimum Gasteiger partial charge on any atom is -0.317 e. The fraction of sp³-hybridized carbons (Fsp3) is 0.615. The lowest BCUT2D eigenvalue weighted by molar-refractivity contribution is 0.337. The van der Waals surface area contributed by atoms with Gasteiger partial charge >= 0.3 is 0 Å². The quantitative estimate of drug-likeness (QED) is 0.841. The number of nitrogens with zero attached hydrogens (tertiary/aromatic N) is 1. The van der Waals surface area contributed by atoms with Gasteiger partial charge in [0.2, 0.25) is 0 Å². The smallest absolute Gasteiger partial charge is 0.146 e. The maximum Gasteiger partial charge on any atom is 0.146 e. The lowest BCUT2D eigenvalue weighted by atomic mass is 10.0. The highest BCUT2D eigenvalue weighted by molar-refractivity contribution is 5.11. The topological polar surface area (TPSA) is 37.0 Å². The Balaban J connectivity index is 2.03. The molecule has 2 N–H and O–H groups in total. The average Bonchev–Trinajstić information content (AvgIpc) is 2.38. The second kappa shape index (κ2) is 6.07. The first-order valence-corrected chi connectivity index (χ1v) is 6.38.